The van der Waals surface area contributed by atoms with Gasteiger partial charge in [-0.2, -0.15) is 0 Å². The number of aliphatic hydroxyl groups excluding tert-OH is 1. The van der Waals surface area contributed by atoms with Crippen molar-refractivity contribution in [2.24, 2.45) is 0 Å². The number of rotatable bonds is 16. The molecule has 1 aliphatic heterocycles. The number of hydrogen-bond acceptors (Lipinski definition) is 7. The van der Waals surface area contributed by atoms with Crippen molar-refractivity contribution in [2.45, 2.75) is 83.0 Å². The first kappa shape index (κ1) is 38.7. The lowest BCUT2D eigenvalue weighted by molar-refractivity contribution is -0.253. The molecular weight excluding hydrogens is 677 g/mol. The maximum Gasteiger partial charge on any atom is 0.224 e. The van der Waals surface area contributed by atoms with Crippen LogP contribution in [0.1, 0.15) is 92.6 Å². The molecule has 0 spiro atoms. The van der Waals surface area contributed by atoms with Crippen molar-refractivity contribution in [3.63, 3.8) is 0 Å². The summed E-state index contributed by atoms with van der Waals surface area (Å²) in [4.78, 5) is 27.5. The third-order valence-corrected chi connectivity index (χ3v) is 10.3. The monoisotopic (exact) mass is 728 g/mol. The zero-order valence-electron chi connectivity index (χ0n) is 31.2. The normalized spacial score (nSPS) is 17.7. The summed E-state index contributed by atoms with van der Waals surface area (Å²) >= 11 is 0. The Morgan fingerprint density at radius 3 is 2.22 bits per heavy atom. The largest absolute Gasteiger partial charge is 0.397 e. The van der Waals surface area contributed by atoms with Crippen LogP contribution in [0, 0.1) is 0 Å². The zero-order chi connectivity index (χ0) is 37.9. The van der Waals surface area contributed by atoms with Crippen molar-refractivity contribution < 1.29 is 24.2 Å². The molecule has 9 nitrogen and oxygen atoms in total. The van der Waals surface area contributed by atoms with Gasteiger partial charge in [0, 0.05) is 43.1 Å². The number of ether oxygens (including phenoxy) is 2. The number of carbonyl (C=O) groups is 2. The highest BCUT2D eigenvalue weighted by molar-refractivity contribution is 5.93. The molecule has 1 saturated heterocycles. The molecule has 5 aromatic rings. The van der Waals surface area contributed by atoms with Crippen molar-refractivity contribution >= 4 is 39.6 Å². The lowest BCUT2D eigenvalue weighted by Crippen LogP contribution is -2.38. The van der Waals surface area contributed by atoms with Crippen LogP contribution in [-0.4, -0.2) is 41.5 Å². The number of nitrogens with two attached hydrogens (primary N) is 1. The molecule has 282 valence electrons. The number of nitrogens with one attached hydrogen (secondary N) is 2. The van der Waals surface area contributed by atoms with Gasteiger partial charge in [-0.3, -0.25) is 14.5 Å². The van der Waals surface area contributed by atoms with Gasteiger partial charge < -0.3 is 30.9 Å². The number of likely N-dealkylation sites (N-methyl/N-ethyl adjacent to an activating group) is 1. The van der Waals surface area contributed by atoms with Crippen molar-refractivity contribution in [1.82, 2.24) is 4.90 Å². The third kappa shape index (κ3) is 10.5. The van der Waals surface area contributed by atoms with Crippen LogP contribution in [0.5, 0.6) is 0 Å². The molecule has 0 aliphatic carbocycles. The van der Waals surface area contributed by atoms with E-state index in [0.717, 1.165) is 42.4 Å². The summed E-state index contributed by atoms with van der Waals surface area (Å²) in [5, 5.41) is 18.0. The van der Waals surface area contributed by atoms with Crippen LogP contribution in [0.4, 0.5) is 17.1 Å². The number of hydrogen-bond donors (Lipinski definition) is 4. The van der Waals surface area contributed by atoms with Crippen molar-refractivity contribution in [3.05, 3.63) is 138 Å². The van der Waals surface area contributed by atoms with Crippen LogP contribution in [0.2, 0.25) is 0 Å². The second kappa shape index (κ2) is 18.8. The minimum atomic E-state index is -0.636. The summed E-state index contributed by atoms with van der Waals surface area (Å²) in [5.41, 5.74) is 11.7. The predicted molar refractivity (Wildman–Crippen MR) is 216 cm³/mol. The third-order valence-electron chi connectivity index (χ3n) is 10.3. The van der Waals surface area contributed by atoms with Crippen LogP contribution in [0.25, 0.3) is 10.8 Å². The van der Waals surface area contributed by atoms with E-state index in [9.17, 15) is 14.7 Å². The van der Waals surface area contributed by atoms with Crippen LogP contribution in [0.3, 0.4) is 0 Å². The van der Waals surface area contributed by atoms with E-state index < -0.39 is 6.29 Å². The molecule has 2 amide bonds. The number of aliphatic hydroxyl groups is 1. The van der Waals surface area contributed by atoms with Crippen LogP contribution >= 0.6 is 0 Å². The summed E-state index contributed by atoms with van der Waals surface area (Å²) < 4.78 is 13.3. The van der Waals surface area contributed by atoms with Crippen LogP contribution < -0.4 is 16.4 Å². The number of benzene rings is 5. The molecule has 1 heterocycles. The molecule has 0 saturated carbocycles. The first-order valence-electron chi connectivity index (χ1n) is 19.0. The van der Waals surface area contributed by atoms with Crippen molar-refractivity contribution in [2.75, 3.05) is 30.0 Å². The number of unbranched alkanes of at least 4 members (excludes halogenated alkanes) is 3. The highest BCUT2D eigenvalue weighted by Crippen LogP contribution is 2.39. The average molecular weight is 729 g/mol. The molecule has 0 radical (unpaired) electrons. The lowest BCUT2D eigenvalue weighted by atomic mass is 9.98. The van der Waals surface area contributed by atoms with Gasteiger partial charge in [0.05, 0.1) is 30.2 Å². The zero-order valence-corrected chi connectivity index (χ0v) is 31.2. The molecular formula is C45H52N4O5. The van der Waals surface area contributed by atoms with Crippen LogP contribution in [-0.2, 0) is 25.7 Å². The number of nitrogen functional groups attached to an aromatic ring is 1. The second-order valence-corrected chi connectivity index (χ2v) is 14.3. The minimum Gasteiger partial charge on any atom is -0.397 e. The number of para-hydroxylation sites is 2. The summed E-state index contributed by atoms with van der Waals surface area (Å²) in [6, 6.07) is 38.0. The Hall–Kier alpha value is -5.06. The maximum absolute atomic E-state index is 12.9. The van der Waals surface area contributed by atoms with E-state index in [1.807, 2.05) is 60.7 Å². The molecule has 9 heteroatoms. The minimum absolute atomic E-state index is 0.0136. The first-order chi connectivity index (χ1) is 26.2. The smallest absolute Gasteiger partial charge is 0.224 e. The van der Waals surface area contributed by atoms with E-state index in [-0.39, 0.29) is 36.7 Å². The topological polar surface area (TPSA) is 126 Å². The predicted octanol–water partition coefficient (Wildman–Crippen LogP) is 9.07. The van der Waals surface area contributed by atoms with Gasteiger partial charge in [-0.15, -0.1) is 0 Å². The molecule has 54 heavy (non-hydrogen) atoms. The molecule has 6 rings (SSSR count). The molecule has 5 N–H and O–H groups in total. The second-order valence-electron chi connectivity index (χ2n) is 14.3. The summed E-state index contributed by atoms with van der Waals surface area (Å²) in [6.45, 7) is 2.91. The maximum atomic E-state index is 12.9. The fourth-order valence-electron chi connectivity index (χ4n) is 6.97. The SMILES string of the molecule is C[C@H](c1ccc2ccccc2c1)N(C)C[C@@H]1C[C@H](c2ccc(CO)cc2)O[C@H](c2cccc(NC(=O)CCCCCCC(=O)Nc3ccccc3N)c2)O1. The Morgan fingerprint density at radius 2 is 1.48 bits per heavy atom. The summed E-state index contributed by atoms with van der Waals surface area (Å²) in [5.74, 6) is -0.116. The Bertz CT molecular complexity index is 2000. The standard InChI is InChI=1S/C45H52N4O5/c1-31(35-25-24-33-12-7-8-13-36(33)26-35)49(2)29-39-28-42(34-22-20-32(30-50)21-23-34)54-45(53-39)37-14-11-15-38(27-37)47-43(51)18-5-3-4-6-19-44(52)48-41-17-10-9-16-40(41)46/h7-17,20-27,31,39,42,45,50H,3-6,18-19,28-30,46H2,1-2H3,(H,47,51)(H,48,52)/t31-,39+,42-,45-/m1/s1. The number of amides is 2. The number of carbonyl (C=O) groups excluding carboxylic acids is 2. The Morgan fingerprint density at radius 1 is 0.778 bits per heavy atom. The van der Waals surface area contributed by atoms with E-state index in [1.165, 1.54) is 16.3 Å². The highest BCUT2D eigenvalue weighted by Gasteiger charge is 2.33. The van der Waals surface area contributed by atoms with Gasteiger partial charge in [0.1, 0.15) is 0 Å². The van der Waals surface area contributed by atoms with E-state index in [1.54, 1.807) is 12.1 Å². The highest BCUT2D eigenvalue weighted by atomic mass is 16.7. The van der Waals surface area contributed by atoms with Gasteiger partial charge in [-0.1, -0.05) is 97.8 Å². The lowest BCUT2D eigenvalue weighted by Gasteiger charge is -2.39. The first-order valence-corrected chi connectivity index (χ1v) is 19.0. The molecule has 5 aromatic carbocycles. The molecule has 1 fully saturated rings. The molecule has 4 atom stereocenters. The molecule has 0 unspecified atom stereocenters. The Balaban J connectivity index is 1.04. The summed E-state index contributed by atoms with van der Waals surface area (Å²) in [7, 11) is 2.13. The van der Waals surface area contributed by atoms with E-state index in [4.69, 9.17) is 15.2 Å². The Labute approximate surface area is 318 Å². The average Bonchev–Trinajstić information content (AvgIpc) is 3.19. The van der Waals surface area contributed by atoms with Gasteiger partial charge in [-0.05, 0) is 84.6 Å². The van der Waals surface area contributed by atoms with Crippen molar-refractivity contribution in [1.29, 1.82) is 0 Å². The fraction of sp³-hybridized carbons (Fsp3) is 0.333. The van der Waals surface area contributed by atoms with E-state index in [0.29, 0.717) is 42.9 Å². The fourth-order valence-corrected chi connectivity index (χ4v) is 6.97. The van der Waals surface area contributed by atoms with Gasteiger partial charge in [0.15, 0.2) is 6.29 Å². The molecule has 0 bridgehead atoms. The quantitative estimate of drug-likeness (QED) is 0.0590. The van der Waals surface area contributed by atoms with Gasteiger partial charge >= 0.3 is 0 Å². The van der Waals surface area contributed by atoms with Crippen molar-refractivity contribution in [3.8, 4) is 0 Å². The van der Waals surface area contributed by atoms with Gasteiger partial charge in [0.2, 0.25) is 11.8 Å². The molecule has 1 aliphatic rings. The van der Waals surface area contributed by atoms with E-state index >= 15 is 0 Å². The molecule has 0 aromatic heterocycles. The van der Waals surface area contributed by atoms with Crippen LogP contribution in [0.15, 0.2) is 115 Å². The number of anilines is 3. The van der Waals surface area contributed by atoms with E-state index in [2.05, 4.69) is 72.0 Å². The summed E-state index contributed by atoms with van der Waals surface area (Å²) in [6.07, 6.45) is 3.69. The van der Waals surface area contributed by atoms with Gasteiger partial charge in [0.25, 0.3) is 0 Å². The Kier molecular flexibility index (Phi) is 13.5. The number of nitrogens with zero attached hydrogens (tertiary/aromatic N) is 1. The number of fused-ring (bicyclic) bond motifs is 1. The van der Waals surface area contributed by atoms with Gasteiger partial charge in [-0.25, -0.2) is 0 Å².